The van der Waals surface area contributed by atoms with Gasteiger partial charge in [-0.2, -0.15) is 0 Å². The topological polar surface area (TPSA) is 17.1 Å². The van der Waals surface area contributed by atoms with Crippen molar-refractivity contribution in [1.82, 2.24) is 0 Å². The van der Waals surface area contributed by atoms with Gasteiger partial charge in [-0.25, -0.2) is 4.39 Å². The summed E-state index contributed by atoms with van der Waals surface area (Å²) in [6, 6.07) is 0. The van der Waals surface area contributed by atoms with Crippen LogP contribution in [0.2, 0.25) is 0 Å². The Kier molecular flexibility index (Phi) is 4.22. The Labute approximate surface area is 96.7 Å². The van der Waals surface area contributed by atoms with Gasteiger partial charge in [-0.15, -0.1) is 0 Å². The third-order valence-corrected chi connectivity index (χ3v) is 3.26. The van der Waals surface area contributed by atoms with E-state index in [9.17, 15) is 9.18 Å². The lowest BCUT2D eigenvalue weighted by Gasteiger charge is -2.36. The summed E-state index contributed by atoms with van der Waals surface area (Å²) < 4.78 is 13.1. The maximum atomic E-state index is 13.1. The summed E-state index contributed by atoms with van der Waals surface area (Å²) in [5.74, 6) is -0.226. The van der Waals surface area contributed by atoms with Gasteiger partial charge in [-0.05, 0) is 31.3 Å². The maximum Gasteiger partial charge on any atom is 0.145 e. The van der Waals surface area contributed by atoms with Crippen molar-refractivity contribution in [3.63, 3.8) is 0 Å². The lowest BCUT2D eigenvalue weighted by molar-refractivity contribution is -0.104. The molecule has 16 heavy (non-hydrogen) atoms. The largest absolute Gasteiger partial charge is 0.298 e. The Balaban J connectivity index is 2.85. The van der Waals surface area contributed by atoms with E-state index in [2.05, 4.69) is 26.8 Å². The van der Waals surface area contributed by atoms with Crippen LogP contribution in [0.4, 0.5) is 4.39 Å². The van der Waals surface area contributed by atoms with Crippen molar-refractivity contribution in [3.8, 4) is 0 Å². The third kappa shape index (κ3) is 3.16. The summed E-state index contributed by atoms with van der Waals surface area (Å²) >= 11 is 0. The zero-order chi connectivity index (χ0) is 12.2. The minimum absolute atomic E-state index is 0.163. The van der Waals surface area contributed by atoms with Gasteiger partial charge in [0, 0.05) is 12.0 Å². The summed E-state index contributed by atoms with van der Waals surface area (Å²) in [6.07, 6.45) is 9.07. The molecule has 0 aromatic carbocycles. The molecule has 2 heteroatoms. The van der Waals surface area contributed by atoms with Crippen LogP contribution in [0.1, 0.15) is 33.6 Å². The number of aldehydes is 1. The molecule has 0 spiro atoms. The summed E-state index contributed by atoms with van der Waals surface area (Å²) in [7, 11) is 0. The van der Waals surface area contributed by atoms with E-state index >= 15 is 0 Å². The highest BCUT2D eigenvalue weighted by molar-refractivity contribution is 5.66. The van der Waals surface area contributed by atoms with Crippen molar-refractivity contribution in [3.05, 3.63) is 35.7 Å². The minimum Gasteiger partial charge on any atom is -0.298 e. The first-order valence-corrected chi connectivity index (χ1v) is 5.63. The third-order valence-electron chi connectivity index (χ3n) is 3.26. The van der Waals surface area contributed by atoms with E-state index < -0.39 is 5.83 Å². The Bertz CT molecular complexity index is 348. The highest BCUT2D eigenvalue weighted by atomic mass is 19.1. The second kappa shape index (κ2) is 5.24. The fraction of sp³-hybridized carbons (Fsp3) is 0.500. The van der Waals surface area contributed by atoms with E-state index in [-0.39, 0.29) is 11.3 Å². The number of carbonyl (C=O) groups is 1. The van der Waals surface area contributed by atoms with E-state index in [0.29, 0.717) is 6.29 Å². The van der Waals surface area contributed by atoms with E-state index in [1.807, 2.05) is 6.08 Å². The van der Waals surface area contributed by atoms with Gasteiger partial charge in [0.1, 0.15) is 12.1 Å². The molecule has 1 unspecified atom stereocenters. The fourth-order valence-electron chi connectivity index (χ4n) is 2.29. The molecule has 0 N–H and O–H groups in total. The number of hydrogen-bond acceptors (Lipinski definition) is 1. The molecular weight excluding hydrogens is 203 g/mol. The van der Waals surface area contributed by atoms with Crippen molar-refractivity contribution in [2.75, 3.05) is 0 Å². The smallest absolute Gasteiger partial charge is 0.145 e. The molecule has 1 aliphatic carbocycles. The molecule has 1 aliphatic rings. The van der Waals surface area contributed by atoms with Crippen LogP contribution in [0.3, 0.4) is 0 Å². The molecule has 0 amide bonds. The summed E-state index contributed by atoms with van der Waals surface area (Å²) in [4.78, 5) is 10.1. The van der Waals surface area contributed by atoms with E-state index in [4.69, 9.17) is 0 Å². The summed E-state index contributed by atoms with van der Waals surface area (Å²) in [5.41, 5.74) is 1.45. The van der Waals surface area contributed by atoms with Crippen LogP contribution >= 0.6 is 0 Å². The normalized spacial score (nSPS) is 25.6. The molecule has 0 fully saturated rings. The summed E-state index contributed by atoms with van der Waals surface area (Å²) in [6.45, 7) is 6.47. The lowest BCUT2D eigenvalue weighted by Crippen LogP contribution is -2.26. The number of hydrogen-bond donors (Lipinski definition) is 0. The second-order valence-electron chi connectivity index (χ2n) is 5.00. The Morgan fingerprint density at radius 1 is 1.56 bits per heavy atom. The molecule has 1 atom stereocenters. The molecule has 0 bridgehead atoms. The quantitative estimate of drug-likeness (QED) is 0.305. The predicted octanol–water partition coefficient (Wildman–Crippen LogP) is 3.98. The van der Waals surface area contributed by atoms with Crippen LogP contribution in [0, 0.1) is 11.3 Å². The SMILES string of the molecule is CC1=CCCC(C)(C)C1/C=C/C(F)=C\C=O. The molecule has 1 rings (SSSR count). The Morgan fingerprint density at radius 3 is 2.81 bits per heavy atom. The van der Waals surface area contributed by atoms with Gasteiger partial charge < -0.3 is 0 Å². The van der Waals surface area contributed by atoms with E-state index in [1.165, 1.54) is 11.6 Å². The molecule has 0 aliphatic heterocycles. The van der Waals surface area contributed by atoms with Gasteiger partial charge in [0.25, 0.3) is 0 Å². The fourth-order valence-corrected chi connectivity index (χ4v) is 2.29. The zero-order valence-corrected chi connectivity index (χ0v) is 10.2. The molecule has 1 nitrogen and oxygen atoms in total. The number of halogens is 1. The van der Waals surface area contributed by atoms with Crippen LogP contribution in [0.15, 0.2) is 35.7 Å². The molecule has 0 radical (unpaired) electrons. The van der Waals surface area contributed by atoms with E-state index in [0.717, 1.165) is 18.9 Å². The zero-order valence-electron chi connectivity index (χ0n) is 10.2. The first-order chi connectivity index (χ1) is 7.47. The summed E-state index contributed by atoms with van der Waals surface area (Å²) in [5, 5.41) is 0. The van der Waals surface area contributed by atoms with Crippen LogP contribution in [-0.4, -0.2) is 6.29 Å². The molecule has 0 saturated heterocycles. The lowest BCUT2D eigenvalue weighted by atomic mass is 9.68. The molecule has 0 saturated carbocycles. The number of allylic oxidation sites excluding steroid dienone is 6. The molecule has 0 aromatic heterocycles. The van der Waals surface area contributed by atoms with Crippen LogP contribution < -0.4 is 0 Å². The standard InChI is InChI=1S/C14H19FO/c1-11-5-4-9-14(2,3)13(11)7-6-12(15)8-10-16/h5-8,10,13H,4,9H2,1-3H3/b7-6+,12-8+. The van der Waals surface area contributed by atoms with Crippen molar-refractivity contribution in [2.24, 2.45) is 11.3 Å². The van der Waals surface area contributed by atoms with Crippen molar-refractivity contribution < 1.29 is 9.18 Å². The molecular formula is C14H19FO. The highest BCUT2D eigenvalue weighted by Gasteiger charge is 2.30. The van der Waals surface area contributed by atoms with Gasteiger partial charge in [0.15, 0.2) is 0 Å². The average Bonchev–Trinajstić information content (AvgIpc) is 2.16. The van der Waals surface area contributed by atoms with Crippen LogP contribution in [0.5, 0.6) is 0 Å². The van der Waals surface area contributed by atoms with Gasteiger partial charge >= 0.3 is 0 Å². The monoisotopic (exact) mass is 222 g/mol. The van der Waals surface area contributed by atoms with E-state index in [1.54, 1.807) is 0 Å². The maximum absolute atomic E-state index is 13.1. The van der Waals surface area contributed by atoms with Crippen molar-refractivity contribution in [2.45, 2.75) is 33.6 Å². The van der Waals surface area contributed by atoms with Gasteiger partial charge in [0.2, 0.25) is 0 Å². The van der Waals surface area contributed by atoms with Crippen molar-refractivity contribution in [1.29, 1.82) is 0 Å². The molecule has 0 heterocycles. The number of rotatable bonds is 3. The highest BCUT2D eigenvalue weighted by Crippen LogP contribution is 2.41. The second-order valence-corrected chi connectivity index (χ2v) is 5.00. The number of carbonyl (C=O) groups excluding carboxylic acids is 1. The molecule has 88 valence electrons. The minimum atomic E-state index is -0.482. The van der Waals surface area contributed by atoms with Gasteiger partial charge in [-0.1, -0.05) is 31.6 Å². The average molecular weight is 222 g/mol. The first-order valence-electron chi connectivity index (χ1n) is 5.63. The predicted molar refractivity (Wildman–Crippen MR) is 64.7 cm³/mol. The van der Waals surface area contributed by atoms with Gasteiger partial charge in [-0.3, -0.25) is 4.79 Å². The van der Waals surface area contributed by atoms with Crippen molar-refractivity contribution >= 4 is 6.29 Å². The van der Waals surface area contributed by atoms with Gasteiger partial charge in [0.05, 0.1) is 0 Å². The Hall–Kier alpha value is -1.18. The van der Waals surface area contributed by atoms with Crippen LogP contribution in [0.25, 0.3) is 0 Å². The van der Waals surface area contributed by atoms with Crippen LogP contribution in [-0.2, 0) is 4.79 Å². The first kappa shape index (κ1) is 12.9. The Morgan fingerprint density at radius 2 is 2.25 bits per heavy atom. The molecule has 0 aromatic rings.